The highest BCUT2D eigenvalue weighted by molar-refractivity contribution is 7.99. The van der Waals surface area contributed by atoms with Gasteiger partial charge in [-0.25, -0.2) is 4.39 Å². The molecule has 0 aliphatic rings. The van der Waals surface area contributed by atoms with Gasteiger partial charge >= 0.3 is 0 Å². The molecular weight excluding hydrogens is 251 g/mol. The van der Waals surface area contributed by atoms with Gasteiger partial charge in [0.25, 0.3) is 5.91 Å². The van der Waals surface area contributed by atoms with Crippen LogP contribution < -0.4 is 11.5 Å². The Hall–Kier alpha value is -2.01. The molecule has 0 unspecified atom stereocenters. The lowest BCUT2D eigenvalue weighted by molar-refractivity contribution is 0.100. The fraction of sp³-hybridized carbons (Fsp3) is 0. The normalized spacial score (nSPS) is 10.3. The first-order valence-corrected chi connectivity index (χ1v) is 6.00. The summed E-state index contributed by atoms with van der Waals surface area (Å²) in [5, 5.41) is 0. The Balaban J connectivity index is 2.27. The fourth-order valence-corrected chi connectivity index (χ4v) is 2.31. The summed E-state index contributed by atoms with van der Waals surface area (Å²) < 4.78 is 12.8. The zero-order chi connectivity index (χ0) is 13.1. The highest BCUT2D eigenvalue weighted by atomic mass is 32.2. The predicted molar refractivity (Wildman–Crippen MR) is 69.9 cm³/mol. The van der Waals surface area contributed by atoms with Crippen LogP contribution >= 0.6 is 11.8 Å². The molecule has 0 heterocycles. The summed E-state index contributed by atoms with van der Waals surface area (Å²) in [7, 11) is 0. The van der Waals surface area contributed by atoms with Crippen LogP contribution in [0.4, 0.5) is 10.1 Å². The molecule has 0 spiro atoms. The van der Waals surface area contributed by atoms with Gasteiger partial charge < -0.3 is 11.5 Å². The number of primary amides is 1. The molecule has 0 bridgehead atoms. The molecule has 2 aromatic carbocycles. The maximum atomic E-state index is 12.8. The second-order valence-electron chi connectivity index (χ2n) is 3.67. The summed E-state index contributed by atoms with van der Waals surface area (Å²) in [5.41, 5.74) is 11.5. The molecule has 1 amide bonds. The highest BCUT2D eigenvalue weighted by Crippen LogP contribution is 2.29. The monoisotopic (exact) mass is 262 g/mol. The van der Waals surface area contributed by atoms with Crippen LogP contribution in [0.2, 0.25) is 0 Å². The molecule has 0 aliphatic heterocycles. The molecule has 0 aliphatic carbocycles. The van der Waals surface area contributed by atoms with E-state index < -0.39 is 5.91 Å². The zero-order valence-corrected chi connectivity index (χ0v) is 10.2. The van der Waals surface area contributed by atoms with E-state index in [1.54, 1.807) is 30.3 Å². The summed E-state index contributed by atoms with van der Waals surface area (Å²) in [4.78, 5) is 12.9. The lowest BCUT2D eigenvalue weighted by Crippen LogP contribution is -2.13. The third kappa shape index (κ3) is 2.81. The van der Waals surface area contributed by atoms with E-state index in [1.165, 1.54) is 23.9 Å². The quantitative estimate of drug-likeness (QED) is 0.835. The highest BCUT2D eigenvalue weighted by Gasteiger charge is 2.07. The Morgan fingerprint density at radius 2 is 1.67 bits per heavy atom. The molecule has 92 valence electrons. The van der Waals surface area contributed by atoms with Crippen LogP contribution in [0.15, 0.2) is 52.3 Å². The van der Waals surface area contributed by atoms with E-state index in [4.69, 9.17) is 11.5 Å². The molecule has 2 aromatic rings. The second kappa shape index (κ2) is 5.10. The summed E-state index contributed by atoms with van der Waals surface area (Å²) in [6.45, 7) is 0. The van der Waals surface area contributed by atoms with Crippen LogP contribution in [-0.4, -0.2) is 5.91 Å². The van der Waals surface area contributed by atoms with E-state index in [0.29, 0.717) is 11.3 Å². The third-order valence-electron chi connectivity index (χ3n) is 2.34. The third-order valence-corrected chi connectivity index (χ3v) is 3.34. The molecule has 0 atom stereocenters. The van der Waals surface area contributed by atoms with Gasteiger partial charge in [-0.15, -0.1) is 0 Å². The summed E-state index contributed by atoms with van der Waals surface area (Å²) >= 11 is 1.41. The first-order chi connectivity index (χ1) is 8.56. The van der Waals surface area contributed by atoms with E-state index in [-0.39, 0.29) is 5.82 Å². The number of benzene rings is 2. The molecule has 2 rings (SSSR count). The van der Waals surface area contributed by atoms with Crippen LogP contribution in [0.5, 0.6) is 0 Å². The van der Waals surface area contributed by atoms with Gasteiger partial charge in [-0.1, -0.05) is 11.8 Å². The average Bonchev–Trinajstić information content (AvgIpc) is 2.34. The summed E-state index contributed by atoms with van der Waals surface area (Å²) in [6.07, 6.45) is 0. The molecule has 5 heteroatoms. The van der Waals surface area contributed by atoms with Gasteiger partial charge in [0, 0.05) is 15.5 Å². The standard InChI is InChI=1S/C13H11FN2OS/c14-8-1-3-9(4-2-8)18-10-5-6-12(15)11(7-10)13(16)17/h1-7H,15H2,(H2,16,17). The van der Waals surface area contributed by atoms with Crippen molar-refractivity contribution in [1.29, 1.82) is 0 Å². The van der Waals surface area contributed by atoms with Crippen molar-refractivity contribution >= 4 is 23.4 Å². The Morgan fingerprint density at radius 1 is 1.06 bits per heavy atom. The number of carbonyl (C=O) groups excluding carboxylic acids is 1. The topological polar surface area (TPSA) is 69.1 Å². The fourth-order valence-electron chi connectivity index (χ4n) is 1.45. The molecule has 0 fully saturated rings. The van der Waals surface area contributed by atoms with E-state index in [1.807, 2.05) is 0 Å². The molecule has 0 saturated heterocycles. The average molecular weight is 262 g/mol. The van der Waals surface area contributed by atoms with Crippen molar-refractivity contribution < 1.29 is 9.18 Å². The predicted octanol–water partition coefficient (Wildman–Crippen LogP) is 2.66. The minimum absolute atomic E-state index is 0.283. The van der Waals surface area contributed by atoms with Gasteiger partial charge in [0.05, 0.1) is 5.56 Å². The number of nitrogen functional groups attached to an aromatic ring is 1. The molecular formula is C13H11FN2OS. The van der Waals surface area contributed by atoms with E-state index in [0.717, 1.165) is 9.79 Å². The molecule has 0 radical (unpaired) electrons. The smallest absolute Gasteiger partial charge is 0.250 e. The number of nitrogens with two attached hydrogens (primary N) is 2. The van der Waals surface area contributed by atoms with Gasteiger partial charge in [-0.3, -0.25) is 4.79 Å². The van der Waals surface area contributed by atoms with Crippen molar-refractivity contribution in [1.82, 2.24) is 0 Å². The maximum absolute atomic E-state index is 12.8. The Labute approximate surface area is 108 Å². The summed E-state index contributed by atoms with van der Waals surface area (Å²) in [5.74, 6) is -0.844. The van der Waals surface area contributed by atoms with Crippen molar-refractivity contribution in [2.75, 3.05) is 5.73 Å². The number of amides is 1. The second-order valence-corrected chi connectivity index (χ2v) is 4.82. The number of hydrogen-bond acceptors (Lipinski definition) is 3. The van der Waals surface area contributed by atoms with Crippen molar-refractivity contribution in [3.8, 4) is 0 Å². The van der Waals surface area contributed by atoms with Crippen LogP contribution in [0.25, 0.3) is 0 Å². The van der Waals surface area contributed by atoms with Crippen LogP contribution in [0.3, 0.4) is 0 Å². The summed E-state index contributed by atoms with van der Waals surface area (Å²) in [6, 6.07) is 11.2. The van der Waals surface area contributed by atoms with Gasteiger partial charge in [0.15, 0.2) is 0 Å². The minimum Gasteiger partial charge on any atom is -0.398 e. The number of hydrogen-bond donors (Lipinski definition) is 2. The molecule has 4 N–H and O–H groups in total. The lowest BCUT2D eigenvalue weighted by Gasteiger charge is -2.05. The first kappa shape index (κ1) is 12.4. The SMILES string of the molecule is NC(=O)c1cc(Sc2ccc(F)cc2)ccc1N. The van der Waals surface area contributed by atoms with Gasteiger partial charge in [-0.2, -0.15) is 0 Å². The number of anilines is 1. The lowest BCUT2D eigenvalue weighted by atomic mass is 10.2. The molecule has 0 saturated carbocycles. The van der Waals surface area contributed by atoms with Crippen molar-refractivity contribution in [2.45, 2.75) is 9.79 Å². The van der Waals surface area contributed by atoms with Gasteiger partial charge in [0.1, 0.15) is 5.82 Å². The Kier molecular flexibility index (Phi) is 3.53. The van der Waals surface area contributed by atoms with Crippen molar-refractivity contribution in [3.05, 3.63) is 53.8 Å². The minimum atomic E-state index is -0.561. The van der Waals surface area contributed by atoms with E-state index in [9.17, 15) is 9.18 Å². The van der Waals surface area contributed by atoms with Gasteiger partial charge in [0.2, 0.25) is 0 Å². The first-order valence-electron chi connectivity index (χ1n) is 5.19. The Bertz CT molecular complexity index is 584. The zero-order valence-electron chi connectivity index (χ0n) is 9.39. The number of halogens is 1. The number of rotatable bonds is 3. The van der Waals surface area contributed by atoms with Crippen LogP contribution in [-0.2, 0) is 0 Å². The van der Waals surface area contributed by atoms with E-state index in [2.05, 4.69) is 0 Å². The maximum Gasteiger partial charge on any atom is 0.250 e. The van der Waals surface area contributed by atoms with Crippen LogP contribution in [0, 0.1) is 5.82 Å². The largest absolute Gasteiger partial charge is 0.398 e. The van der Waals surface area contributed by atoms with Crippen molar-refractivity contribution in [3.63, 3.8) is 0 Å². The molecule has 3 nitrogen and oxygen atoms in total. The molecule has 0 aromatic heterocycles. The van der Waals surface area contributed by atoms with Crippen LogP contribution in [0.1, 0.15) is 10.4 Å². The van der Waals surface area contributed by atoms with Gasteiger partial charge in [-0.05, 0) is 42.5 Å². The molecule has 18 heavy (non-hydrogen) atoms. The van der Waals surface area contributed by atoms with Crippen molar-refractivity contribution in [2.24, 2.45) is 5.73 Å². The Morgan fingerprint density at radius 3 is 2.28 bits per heavy atom. The van der Waals surface area contributed by atoms with E-state index >= 15 is 0 Å². The number of carbonyl (C=O) groups is 1.